The van der Waals surface area contributed by atoms with Crippen LogP contribution in [0.5, 0.6) is 5.75 Å². The third-order valence-electron chi connectivity index (χ3n) is 7.36. The van der Waals surface area contributed by atoms with E-state index in [4.69, 9.17) is 11.6 Å². The van der Waals surface area contributed by atoms with E-state index in [-0.39, 0.29) is 28.1 Å². The molecule has 1 unspecified atom stereocenters. The topological polar surface area (TPSA) is 77.8 Å². The molecular weight excluding hydrogens is 438 g/mol. The van der Waals surface area contributed by atoms with Gasteiger partial charge in [-0.25, -0.2) is 0 Å². The molecule has 5 nitrogen and oxygen atoms in total. The number of aryl methyl sites for hydroxylation is 2. The normalized spacial score (nSPS) is 23.1. The molecule has 3 aliphatic rings. The number of aliphatic hydroxyl groups is 1. The summed E-state index contributed by atoms with van der Waals surface area (Å²) in [7, 11) is 0. The number of carbonyl (C=O) groups excluding carboxylic acids is 2. The number of hydrogen-bond donors (Lipinski definition) is 2. The summed E-state index contributed by atoms with van der Waals surface area (Å²) in [4.78, 5) is 28.2. The van der Waals surface area contributed by atoms with Gasteiger partial charge < -0.3 is 15.1 Å². The fraction of sp³-hybridized carbons (Fsp3) is 0.407. The van der Waals surface area contributed by atoms with Gasteiger partial charge in [0.25, 0.3) is 11.7 Å². The van der Waals surface area contributed by atoms with E-state index >= 15 is 0 Å². The van der Waals surface area contributed by atoms with Crippen LogP contribution in [0.4, 0.5) is 0 Å². The van der Waals surface area contributed by atoms with Crippen molar-refractivity contribution in [3.05, 3.63) is 69.2 Å². The number of phenols is 1. The van der Waals surface area contributed by atoms with E-state index in [1.54, 1.807) is 17.0 Å². The van der Waals surface area contributed by atoms with Gasteiger partial charge in [-0.1, -0.05) is 49.1 Å². The van der Waals surface area contributed by atoms with Gasteiger partial charge in [0.05, 0.1) is 16.6 Å². The average molecular weight is 466 g/mol. The highest BCUT2D eigenvalue weighted by molar-refractivity contribution is 6.46. The van der Waals surface area contributed by atoms with Crippen LogP contribution in [0.3, 0.4) is 0 Å². The molecule has 1 atom stereocenters. The van der Waals surface area contributed by atoms with Crippen molar-refractivity contribution in [2.75, 3.05) is 0 Å². The van der Waals surface area contributed by atoms with E-state index in [1.165, 1.54) is 17.2 Å². The zero-order valence-corrected chi connectivity index (χ0v) is 19.3. The maximum absolute atomic E-state index is 13.3. The fourth-order valence-electron chi connectivity index (χ4n) is 5.64. The second-order valence-electron chi connectivity index (χ2n) is 9.40. The van der Waals surface area contributed by atoms with Crippen molar-refractivity contribution in [1.29, 1.82) is 0 Å². The molecule has 172 valence electrons. The minimum absolute atomic E-state index is 0.0651. The van der Waals surface area contributed by atoms with Gasteiger partial charge in [-0.2, -0.15) is 0 Å². The van der Waals surface area contributed by atoms with E-state index in [2.05, 4.69) is 0 Å². The molecule has 2 fully saturated rings. The molecule has 33 heavy (non-hydrogen) atoms. The lowest BCUT2D eigenvalue weighted by atomic mass is 9.88. The zero-order valence-electron chi connectivity index (χ0n) is 18.5. The van der Waals surface area contributed by atoms with Crippen molar-refractivity contribution in [1.82, 2.24) is 4.90 Å². The van der Waals surface area contributed by atoms with Crippen LogP contribution < -0.4 is 0 Å². The second-order valence-corrected chi connectivity index (χ2v) is 9.81. The van der Waals surface area contributed by atoms with Crippen molar-refractivity contribution < 1.29 is 19.8 Å². The Morgan fingerprint density at radius 1 is 0.909 bits per heavy atom. The number of hydrogen-bond acceptors (Lipinski definition) is 4. The zero-order chi connectivity index (χ0) is 23.1. The smallest absolute Gasteiger partial charge is 0.295 e. The molecule has 0 bridgehead atoms. The Bertz CT molecular complexity index is 1150. The van der Waals surface area contributed by atoms with Gasteiger partial charge in [0.1, 0.15) is 11.5 Å². The number of likely N-dealkylation sites (tertiary alicyclic amines) is 1. The lowest BCUT2D eigenvalue weighted by molar-refractivity contribution is -0.141. The SMILES string of the molecule is O=C1C(=O)N(C2CCCCC2)C(c2ccc(O)c(Cl)c2)/C1=C(/O)c1ccc2c(c1)CCCC2. The van der Waals surface area contributed by atoms with Crippen LogP contribution in [-0.4, -0.2) is 32.8 Å². The number of fused-ring (bicyclic) bond motifs is 1. The Hall–Kier alpha value is -2.79. The van der Waals surface area contributed by atoms with Crippen molar-refractivity contribution in [2.24, 2.45) is 0 Å². The van der Waals surface area contributed by atoms with Crippen molar-refractivity contribution in [2.45, 2.75) is 69.9 Å². The molecule has 2 aromatic rings. The van der Waals surface area contributed by atoms with Gasteiger partial charge in [-0.3, -0.25) is 9.59 Å². The van der Waals surface area contributed by atoms with Gasteiger partial charge in [-0.15, -0.1) is 0 Å². The van der Waals surface area contributed by atoms with Crippen LogP contribution in [0.15, 0.2) is 42.0 Å². The first-order chi connectivity index (χ1) is 16.0. The summed E-state index contributed by atoms with van der Waals surface area (Å²) < 4.78 is 0. The number of phenolic OH excluding ortho intramolecular Hbond substituents is 1. The maximum atomic E-state index is 13.3. The number of carbonyl (C=O) groups is 2. The molecule has 5 rings (SSSR count). The third-order valence-corrected chi connectivity index (χ3v) is 7.66. The Kier molecular flexibility index (Phi) is 5.92. The molecule has 2 N–H and O–H groups in total. The van der Waals surface area contributed by atoms with E-state index in [9.17, 15) is 19.8 Å². The highest BCUT2D eigenvalue weighted by Gasteiger charge is 2.49. The highest BCUT2D eigenvalue weighted by atomic mass is 35.5. The molecule has 1 saturated heterocycles. The summed E-state index contributed by atoms with van der Waals surface area (Å²) in [5, 5.41) is 21.5. The lowest BCUT2D eigenvalue weighted by Crippen LogP contribution is -2.40. The standard InChI is InChI=1S/C27H28ClNO4/c28-21-15-18(12-13-22(21)30)24-23(26(32)27(33)29(24)20-8-2-1-3-9-20)25(31)19-11-10-16-6-4-5-7-17(16)14-19/h10-15,20,24,30-31H,1-9H2/b25-23-. The van der Waals surface area contributed by atoms with Crippen LogP contribution in [0.25, 0.3) is 5.76 Å². The second kappa shape index (κ2) is 8.86. The number of aliphatic hydroxyl groups excluding tert-OH is 1. The van der Waals surface area contributed by atoms with Gasteiger partial charge in [0.2, 0.25) is 0 Å². The Morgan fingerprint density at radius 2 is 1.64 bits per heavy atom. The van der Waals surface area contributed by atoms with Gasteiger partial charge in [0.15, 0.2) is 0 Å². The number of ketones is 1. The number of rotatable bonds is 3. The monoisotopic (exact) mass is 465 g/mol. The largest absolute Gasteiger partial charge is 0.507 e. The number of aromatic hydroxyl groups is 1. The number of nitrogens with zero attached hydrogens (tertiary/aromatic N) is 1. The van der Waals surface area contributed by atoms with Crippen molar-refractivity contribution >= 4 is 29.1 Å². The van der Waals surface area contributed by atoms with Crippen LogP contribution in [0, 0.1) is 0 Å². The van der Waals surface area contributed by atoms with E-state index < -0.39 is 17.7 Å². The lowest BCUT2D eigenvalue weighted by Gasteiger charge is -2.35. The molecule has 6 heteroatoms. The summed E-state index contributed by atoms with van der Waals surface area (Å²) in [6.45, 7) is 0. The quantitative estimate of drug-likeness (QED) is 0.347. The maximum Gasteiger partial charge on any atom is 0.295 e. The molecule has 0 radical (unpaired) electrons. The summed E-state index contributed by atoms with van der Waals surface area (Å²) in [6.07, 6.45) is 9.01. The first-order valence-corrected chi connectivity index (χ1v) is 12.2. The highest BCUT2D eigenvalue weighted by Crippen LogP contribution is 2.44. The molecule has 0 aromatic heterocycles. The van der Waals surface area contributed by atoms with Crippen LogP contribution >= 0.6 is 11.6 Å². The van der Waals surface area contributed by atoms with Crippen molar-refractivity contribution in [3.63, 3.8) is 0 Å². The van der Waals surface area contributed by atoms with Crippen LogP contribution in [0.2, 0.25) is 5.02 Å². The van der Waals surface area contributed by atoms with E-state index in [0.717, 1.165) is 57.8 Å². The van der Waals surface area contributed by atoms with Crippen LogP contribution in [0.1, 0.15) is 73.2 Å². The molecule has 0 spiro atoms. The Labute approximate surface area is 198 Å². The first-order valence-electron chi connectivity index (χ1n) is 11.9. The van der Waals surface area contributed by atoms with E-state index in [1.807, 2.05) is 18.2 Å². The summed E-state index contributed by atoms with van der Waals surface area (Å²) in [5.74, 6) is -1.44. The molecule has 2 aliphatic carbocycles. The molecule has 1 amide bonds. The summed E-state index contributed by atoms with van der Waals surface area (Å²) in [6, 6.07) is 9.75. The molecule has 1 heterocycles. The summed E-state index contributed by atoms with van der Waals surface area (Å²) >= 11 is 6.21. The predicted molar refractivity (Wildman–Crippen MR) is 127 cm³/mol. The van der Waals surface area contributed by atoms with E-state index in [0.29, 0.717) is 11.1 Å². The fourth-order valence-corrected chi connectivity index (χ4v) is 5.83. The summed E-state index contributed by atoms with van der Waals surface area (Å²) in [5.41, 5.74) is 3.75. The Balaban J connectivity index is 1.65. The molecule has 1 saturated carbocycles. The molecule has 1 aliphatic heterocycles. The number of Topliss-reactive ketones (excluding diaryl/α,β-unsaturated/α-hetero) is 1. The average Bonchev–Trinajstić information content (AvgIpc) is 3.11. The molecule has 2 aromatic carbocycles. The Morgan fingerprint density at radius 3 is 2.36 bits per heavy atom. The van der Waals surface area contributed by atoms with Crippen molar-refractivity contribution in [3.8, 4) is 5.75 Å². The van der Waals surface area contributed by atoms with Gasteiger partial charge >= 0.3 is 0 Å². The number of halogens is 1. The minimum Gasteiger partial charge on any atom is -0.507 e. The minimum atomic E-state index is -0.734. The van der Waals surface area contributed by atoms with Crippen LogP contribution in [-0.2, 0) is 22.4 Å². The third kappa shape index (κ3) is 3.93. The first kappa shape index (κ1) is 22.0. The predicted octanol–water partition coefficient (Wildman–Crippen LogP) is 5.68. The molecular formula is C27H28ClNO4. The number of amides is 1. The number of benzene rings is 2. The van der Waals surface area contributed by atoms with Gasteiger partial charge in [0, 0.05) is 11.6 Å². The van der Waals surface area contributed by atoms with Gasteiger partial charge in [-0.05, 0) is 73.4 Å².